The molecule has 5 heteroatoms. The van der Waals surface area contributed by atoms with E-state index in [-0.39, 0.29) is 5.91 Å². The second kappa shape index (κ2) is 8.57. The maximum absolute atomic E-state index is 12.6. The number of hydrogen-bond donors (Lipinski definition) is 0. The zero-order chi connectivity index (χ0) is 21.1. The van der Waals surface area contributed by atoms with E-state index >= 15 is 0 Å². The van der Waals surface area contributed by atoms with Crippen molar-refractivity contribution in [1.29, 1.82) is 0 Å². The molecule has 0 spiro atoms. The fourth-order valence-electron chi connectivity index (χ4n) is 3.66. The van der Waals surface area contributed by atoms with Gasteiger partial charge in [0.2, 0.25) is 0 Å². The van der Waals surface area contributed by atoms with Gasteiger partial charge >= 0.3 is 0 Å². The fourth-order valence-corrected chi connectivity index (χ4v) is 3.66. The summed E-state index contributed by atoms with van der Waals surface area (Å²) in [5.74, 6) is 1.59. The summed E-state index contributed by atoms with van der Waals surface area (Å²) >= 11 is 0. The van der Waals surface area contributed by atoms with Crippen LogP contribution in [0.25, 0.3) is 11.0 Å². The summed E-state index contributed by atoms with van der Waals surface area (Å²) in [6.45, 7) is 5.57. The van der Waals surface area contributed by atoms with Gasteiger partial charge in [-0.15, -0.1) is 0 Å². The first kappa shape index (κ1) is 20.0. The van der Waals surface area contributed by atoms with Crippen LogP contribution >= 0.6 is 0 Å². The third kappa shape index (κ3) is 4.01. The van der Waals surface area contributed by atoms with Crippen LogP contribution in [0.3, 0.4) is 0 Å². The number of nitrogens with zero attached hydrogens (tertiary/aromatic N) is 3. The monoisotopic (exact) mass is 401 g/mol. The molecule has 1 amide bonds. The maximum Gasteiger partial charge on any atom is 0.289 e. The minimum Gasteiger partial charge on any atom is -0.459 e. The molecule has 0 N–H and O–H groups in total. The van der Waals surface area contributed by atoms with Gasteiger partial charge in [-0.2, -0.15) is 0 Å². The molecule has 2 aromatic carbocycles. The van der Waals surface area contributed by atoms with Crippen molar-refractivity contribution in [3.63, 3.8) is 0 Å². The molecule has 0 bridgehead atoms. The molecule has 5 nitrogen and oxygen atoms in total. The number of rotatable bonds is 7. The maximum atomic E-state index is 12.6. The molecule has 0 radical (unpaired) electrons. The van der Waals surface area contributed by atoms with Crippen LogP contribution in [-0.4, -0.2) is 27.4 Å². The van der Waals surface area contributed by atoms with Gasteiger partial charge in [-0.25, -0.2) is 4.98 Å². The minimum absolute atomic E-state index is 0.156. The molecule has 154 valence electrons. The van der Waals surface area contributed by atoms with Gasteiger partial charge < -0.3 is 13.9 Å². The summed E-state index contributed by atoms with van der Waals surface area (Å²) in [4.78, 5) is 19.1. The SMILES string of the molecule is CC[C@@H](C)c1ccc(Cn2c(CN(C)C(=O)c3ccco3)nc3ccccc32)cc1. The first-order valence-corrected chi connectivity index (χ1v) is 10.4. The largest absolute Gasteiger partial charge is 0.459 e. The van der Waals surface area contributed by atoms with E-state index < -0.39 is 0 Å². The molecule has 4 rings (SSSR count). The number of aromatic nitrogens is 2. The second-order valence-electron chi connectivity index (χ2n) is 7.79. The first-order valence-electron chi connectivity index (χ1n) is 10.4. The molecular weight excluding hydrogens is 374 g/mol. The molecule has 30 heavy (non-hydrogen) atoms. The Kier molecular flexibility index (Phi) is 5.70. The van der Waals surface area contributed by atoms with E-state index in [0.29, 0.717) is 24.8 Å². The summed E-state index contributed by atoms with van der Waals surface area (Å²) < 4.78 is 7.45. The van der Waals surface area contributed by atoms with Gasteiger partial charge in [0.05, 0.1) is 23.8 Å². The number of hydrogen-bond acceptors (Lipinski definition) is 3. The highest BCUT2D eigenvalue weighted by Gasteiger charge is 2.19. The molecule has 0 aliphatic carbocycles. The van der Waals surface area contributed by atoms with Crippen LogP contribution in [0.1, 0.15) is 53.7 Å². The average molecular weight is 402 g/mol. The molecule has 0 saturated carbocycles. The molecule has 0 fully saturated rings. The van der Waals surface area contributed by atoms with Crippen molar-refractivity contribution in [3.8, 4) is 0 Å². The van der Waals surface area contributed by atoms with Crippen LogP contribution in [0.5, 0.6) is 0 Å². The van der Waals surface area contributed by atoms with E-state index in [4.69, 9.17) is 9.40 Å². The predicted molar refractivity (Wildman–Crippen MR) is 118 cm³/mol. The third-order valence-electron chi connectivity index (χ3n) is 5.69. The highest BCUT2D eigenvalue weighted by Crippen LogP contribution is 2.22. The number of para-hydroxylation sites is 2. The molecule has 0 saturated heterocycles. The Balaban J connectivity index is 1.63. The van der Waals surface area contributed by atoms with Crippen molar-refractivity contribution in [1.82, 2.24) is 14.5 Å². The zero-order valence-corrected chi connectivity index (χ0v) is 17.7. The van der Waals surface area contributed by atoms with Crippen LogP contribution in [0.2, 0.25) is 0 Å². The lowest BCUT2D eigenvalue weighted by Gasteiger charge is -2.17. The number of carbonyl (C=O) groups is 1. The first-order chi connectivity index (χ1) is 14.6. The third-order valence-corrected chi connectivity index (χ3v) is 5.69. The van der Waals surface area contributed by atoms with Crippen LogP contribution in [0.15, 0.2) is 71.3 Å². The highest BCUT2D eigenvalue weighted by atomic mass is 16.3. The van der Waals surface area contributed by atoms with Gasteiger partial charge in [0.15, 0.2) is 5.76 Å². The normalized spacial score (nSPS) is 12.2. The van der Waals surface area contributed by atoms with E-state index in [0.717, 1.165) is 23.3 Å². The topological polar surface area (TPSA) is 51.3 Å². The highest BCUT2D eigenvalue weighted by molar-refractivity contribution is 5.91. The van der Waals surface area contributed by atoms with Crippen LogP contribution in [0, 0.1) is 0 Å². The minimum atomic E-state index is -0.156. The Morgan fingerprint density at radius 2 is 1.87 bits per heavy atom. The standard InChI is InChI=1S/C25H27N3O2/c1-4-18(2)20-13-11-19(12-14-20)16-28-22-9-6-5-8-21(22)26-24(28)17-27(3)25(29)23-10-7-15-30-23/h5-15,18H,4,16-17H2,1-3H3/t18-/m1/s1. The smallest absolute Gasteiger partial charge is 0.289 e. The summed E-state index contributed by atoms with van der Waals surface area (Å²) in [5, 5.41) is 0. The van der Waals surface area contributed by atoms with Crippen LogP contribution in [0.4, 0.5) is 0 Å². The van der Waals surface area contributed by atoms with Gasteiger partial charge in [-0.05, 0) is 47.7 Å². The summed E-state index contributed by atoms with van der Waals surface area (Å²) in [6.07, 6.45) is 2.64. The zero-order valence-electron chi connectivity index (χ0n) is 17.7. The average Bonchev–Trinajstić information content (AvgIpc) is 3.42. The van der Waals surface area contributed by atoms with Crippen LogP contribution in [-0.2, 0) is 13.1 Å². The number of amides is 1. The number of furan rings is 1. The second-order valence-corrected chi connectivity index (χ2v) is 7.79. The molecular formula is C25H27N3O2. The molecule has 4 aromatic rings. The molecule has 0 unspecified atom stereocenters. The quantitative estimate of drug-likeness (QED) is 0.413. The Morgan fingerprint density at radius 1 is 1.10 bits per heavy atom. The lowest BCUT2D eigenvalue weighted by molar-refractivity contribution is 0.0748. The summed E-state index contributed by atoms with van der Waals surface area (Å²) in [5.41, 5.74) is 4.58. The lowest BCUT2D eigenvalue weighted by atomic mass is 9.98. The molecule has 1 atom stereocenters. The Hall–Kier alpha value is -3.34. The molecule has 2 heterocycles. The van der Waals surface area contributed by atoms with Crippen molar-refractivity contribution in [2.75, 3.05) is 7.05 Å². The van der Waals surface area contributed by atoms with Gasteiger partial charge in [-0.1, -0.05) is 50.2 Å². The lowest BCUT2D eigenvalue weighted by Crippen LogP contribution is -2.27. The van der Waals surface area contributed by atoms with Gasteiger partial charge in [0.1, 0.15) is 5.82 Å². The number of carbonyl (C=O) groups excluding carboxylic acids is 1. The van der Waals surface area contributed by atoms with Crippen molar-refractivity contribution >= 4 is 16.9 Å². The molecule has 2 aromatic heterocycles. The van der Waals surface area contributed by atoms with Gasteiger partial charge in [-0.3, -0.25) is 4.79 Å². The number of fused-ring (bicyclic) bond motifs is 1. The van der Waals surface area contributed by atoms with Crippen LogP contribution < -0.4 is 0 Å². The number of benzene rings is 2. The fraction of sp³-hybridized carbons (Fsp3) is 0.280. The Morgan fingerprint density at radius 3 is 2.57 bits per heavy atom. The molecule has 0 aliphatic heterocycles. The van der Waals surface area contributed by atoms with E-state index in [1.807, 2.05) is 18.2 Å². The Labute approximate surface area is 177 Å². The van der Waals surface area contributed by atoms with E-state index in [9.17, 15) is 4.79 Å². The van der Waals surface area contributed by atoms with Gasteiger partial charge in [0.25, 0.3) is 5.91 Å². The predicted octanol–water partition coefficient (Wildman–Crippen LogP) is 5.46. The summed E-state index contributed by atoms with van der Waals surface area (Å²) in [6, 6.07) is 20.3. The van der Waals surface area contributed by atoms with E-state index in [2.05, 4.69) is 48.7 Å². The van der Waals surface area contributed by atoms with Crippen molar-refractivity contribution in [2.45, 2.75) is 39.3 Å². The van der Waals surface area contributed by atoms with Crippen molar-refractivity contribution < 1.29 is 9.21 Å². The summed E-state index contributed by atoms with van der Waals surface area (Å²) in [7, 11) is 1.77. The van der Waals surface area contributed by atoms with E-state index in [1.54, 1.807) is 24.1 Å². The van der Waals surface area contributed by atoms with Crippen molar-refractivity contribution in [3.05, 3.63) is 89.6 Å². The molecule has 0 aliphatic rings. The van der Waals surface area contributed by atoms with Crippen molar-refractivity contribution in [2.24, 2.45) is 0 Å². The van der Waals surface area contributed by atoms with E-state index in [1.165, 1.54) is 17.4 Å². The number of imidazole rings is 1. The Bertz CT molecular complexity index is 1130. The van der Waals surface area contributed by atoms with Gasteiger partial charge in [0, 0.05) is 13.6 Å².